The predicted molar refractivity (Wildman–Crippen MR) is 73.7 cm³/mol. The van der Waals surface area contributed by atoms with Crippen molar-refractivity contribution in [1.82, 2.24) is 14.8 Å². The number of hydrogen-bond acceptors (Lipinski definition) is 4. The van der Waals surface area contributed by atoms with E-state index in [-0.39, 0.29) is 24.4 Å². The van der Waals surface area contributed by atoms with Crippen LogP contribution in [0.25, 0.3) is 0 Å². The molecule has 108 valence electrons. The maximum Gasteiger partial charge on any atom is 0.246 e. The second kappa shape index (κ2) is 5.52. The van der Waals surface area contributed by atoms with Gasteiger partial charge >= 0.3 is 0 Å². The van der Waals surface area contributed by atoms with Crippen LogP contribution in [-0.4, -0.2) is 45.7 Å². The Morgan fingerprint density at radius 2 is 2.24 bits per heavy atom. The van der Waals surface area contributed by atoms with Gasteiger partial charge in [-0.05, 0) is 37.0 Å². The largest absolute Gasteiger partial charge is 0.329 e. The van der Waals surface area contributed by atoms with Crippen LogP contribution in [0.15, 0.2) is 18.3 Å². The number of nitriles is 1. The van der Waals surface area contributed by atoms with E-state index in [1.807, 2.05) is 6.07 Å². The molecule has 1 aromatic rings. The quantitative estimate of drug-likeness (QED) is 0.800. The highest BCUT2D eigenvalue weighted by atomic mass is 16.2. The van der Waals surface area contributed by atoms with Gasteiger partial charge in [0.1, 0.15) is 24.3 Å². The van der Waals surface area contributed by atoms with Crippen molar-refractivity contribution in [3.8, 4) is 6.07 Å². The molecule has 2 amide bonds. The fourth-order valence-electron chi connectivity index (χ4n) is 3.02. The third kappa shape index (κ3) is 2.59. The van der Waals surface area contributed by atoms with Crippen molar-refractivity contribution in [3.63, 3.8) is 0 Å². The van der Waals surface area contributed by atoms with Gasteiger partial charge in [-0.1, -0.05) is 0 Å². The van der Waals surface area contributed by atoms with Crippen molar-refractivity contribution in [3.05, 3.63) is 29.6 Å². The van der Waals surface area contributed by atoms with Crippen molar-refractivity contribution in [2.75, 3.05) is 13.1 Å². The minimum Gasteiger partial charge on any atom is -0.329 e. The average Bonchev–Trinajstić information content (AvgIpc) is 2.52. The van der Waals surface area contributed by atoms with E-state index in [1.165, 1.54) is 0 Å². The number of fused-ring (bicyclic) bond motifs is 1. The summed E-state index contributed by atoms with van der Waals surface area (Å²) in [5, 5.41) is 8.86. The van der Waals surface area contributed by atoms with Gasteiger partial charge in [-0.25, -0.2) is 4.98 Å². The smallest absolute Gasteiger partial charge is 0.246 e. The number of hydrogen-bond donors (Lipinski definition) is 0. The molecule has 0 saturated carbocycles. The summed E-state index contributed by atoms with van der Waals surface area (Å²) in [6, 6.07) is 5.11. The Hall–Kier alpha value is -2.42. The van der Waals surface area contributed by atoms with Gasteiger partial charge in [-0.3, -0.25) is 9.59 Å². The number of pyridine rings is 1. The molecule has 2 saturated heterocycles. The number of nitrogens with zero attached hydrogens (tertiary/aromatic N) is 4. The highest BCUT2D eigenvalue weighted by molar-refractivity contribution is 5.95. The van der Waals surface area contributed by atoms with Crippen molar-refractivity contribution in [1.29, 1.82) is 5.26 Å². The Balaban J connectivity index is 1.78. The molecule has 0 radical (unpaired) electrons. The van der Waals surface area contributed by atoms with E-state index in [0.717, 1.165) is 24.8 Å². The zero-order chi connectivity index (χ0) is 14.8. The summed E-state index contributed by atoms with van der Waals surface area (Å²) in [5.41, 5.74) is 1.15. The van der Waals surface area contributed by atoms with Gasteiger partial charge in [0.15, 0.2) is 0 Å². The minimum absolute atomic E-state index is 0.0182. The van der Waals surface area contributed by atoms with Gasteiger partial charge in [0.05, 0.1) is 0 Å². The Morgan fingerprint density at radius 1 is 1.38 bits per heavy atom. The maximum absolute atomic E-state index is 12.5. The minimum atomic E-state index is -0.294. The number of rotatable bonds is 2. The number of carbonyl (C=O) groups excluding carboxylic acids is 2. The third-order valence-electron chi connectivity index (χ3n) is 4.06. The van der Waals surface area contributed by atoms with Crippen LogP contribution in [0.3, 0.4) is 0 Å². The molecule has 21 heavy (non-hydrogen) atoms. The normalized spacial score (nSPS) is 22.0. The standard InChI is InChI=1S/C15H16N4O2/c16-8-12-7-11(4-5-17-12)9-18-10-14(20)19-6-2-1-3-13(19)15(18)21/h4-5,7,13H,1-3,6,9-10H2. The van der Waals surface area contributed by atoms with E-state index >= 15 is 0 Å². The van der Waals surface area contributed by atoms with E-state index in [0.29, 0.717) is 18.8 Å². The lowest BCUT2D eigenvalue weighted by Gasteiger charge is -2.42. The van der Waals surface area contributed by atoms with E-state index in [2.05, 4.69) is 4.98 Å². The molecule has 2 fully saturated rings. The SMILES string of the molecule is N#Cc1cc(CN2CC(=O)N3CCCCC3C2=O)ccn1. The third-order valence-corrected chi connectivity index (χ3v) is 4.06. The summed E-state index contributed by atoms with van der Waals surface area (Å²) in [7, 11) is 0. The van der Waals surface area contributed by atoms with Crippen molar-refractivity contribution < 1.29 is 9.59 Å². The Morgan fingerprint density at radius 3 is 3.05 bits per heavy atom. The molecule has 3 heterocycles. The number of piperazine rings is 1. The van der Waals surface area contributed by atoms with E-state index in [4.69, 9.17) is 5.26 Å². The summed E-state index contributed by atoms with van der Waals surface area (Å²) < 4.78 is 0. The Bertz CT molecular complexity index is 622. The average molecular weight is 284 g/mol. The molecular formula is C15H16N4O2. The van der Waals surface area contributed by atoms with Gasteiger partial charge in [0.25, 0.3) is 0 Å². The van der Waals surface area contributed by atoms with E-state index < -0.39 is 0 Å². The summed E-state index contributed by atoms with van der Waals surface area (Å²) in [4.78, 5) is 31.9. The van der Waals surface area contributed by atoms with Crippen LogP contribution >= 0.6 is 0 Å². The van der Waals surface area contributed by atoms with Crippen LogP contribution in [0.4, 0.5) is 0 Å². The first-order valence-electron chi connectivity index (χ1n) is 7.12. The fourth-order valence-corrected chi connectivity index (χ4v) is 3.02. The lowest BCUT2D eigenvalue weighted by Crippen LogP contribution is -2.60. The maximum atomic E-state index is 12.5. The van der Waals surface area contributed by atoms with E-state index in [1.54, 1.807) is 28.1 Å². The first kappa shape index (κ1) is 13.6. The van der Waals surface area contributed by atoms with Crippen LogP contribution < -0.4 is 0 Å². The monoisotopic (exact) mass is 284 g/mol. The number of aromatic nitrogens is 1. The van der Waals surface area contributed by atoms with Crippen LogP contribution in [0.2, 0.25) is 0 Å². The highest BCUT2D eigenvalue weighted by Gasteiger charge is 2.40. The van der Waals surface area contributed by atoms with Crippen LogP contribution in [-0.2, 0) is 16.1 Å². The van der Waals surface area contributed by atoms with Crippen molar-refractivity contribution >= 4 is 11.8 Å². The summed E-state index contributed by atoms with van der Waals surface area (Å²) in [6.45, 7) is 1.17. The van der Waals surface area contributed by atoms with E-state index in [9.17, 15) is 9.59 Å². The molecular weight excluding hydrogens is 268 g/mol. The van der Waals surface area contributed by atoms with Gasteiger partial charge in [-0.2, -0.15) is 5.26 Å². The number of amides is 2. The second-order valence-corrected chi connectivity index (χ2v) is 5.45. The first-order valence-corrected chi connectivity index (χ1v) is 7.12. The molecule has 1 unspecified atom stereocenters. The summed E-state index contributed by atoms with van der Waals surface area (Å²) in [5.74, 6) is 0.0403. The van der Waals surface area contributed by atoms with Crippen molar-refractivity contribution in [2.24, 2.45) is 0 Å². The second-order valence-electron chi connectivity index (χ2n) is 5.45. The van der Waals surface area contributed by atoms with Gasteiger partial charge in [-0.15, -0.1) is 0 Å². The first-order chi connectivity index (χ1) is 10.2. The molecule has 0 bridgehead atoms. The highest BCUT2D eigenvalue weighted by Crippen LogP contribution is 2.24. The molecule has 1 atom stereocenters. The molecule has 0 spiro atoms. The molecule has 0 N–H and O–H groups in total. The molecule has 0 aromatic carbocycles. The zero-order valence-corrected chi connectivity index (χ0v) is 11.7. The van der Waals surface area contributed by atoms with Crippen LogP contribution in [0.5, 0.6) is 0 Å². The Labute approximate surface area is 123 Å². The van der Waals surface area contributed by atoms with Crippen LogP contribution in [0, 0.1) is 11.3 Å². The summed E-state index contributed by atoms with van der Waals surface area (Å²) >= 11 is 0. The molecule has 6 heteroatoms. The van der Waals surface area contributed by atoms with Gasteiger partial charge < -0.3 is 9.80 Å². The predicted octanol–water partition coefficient (Wildman–Crippen LogP) is 0.677. The molecule has 1 aromatic heterocycles. The van der Waals surface area contributed by atoms with Crippen LogP contribution in [0.1, 0.15) is 30.5 Å². The zero-order valence-electron chi connectivity index (χ0n) is 11.7. The number of carbonyl (C=O) groups is 2. The van der Waals surface area contributed by atoms with Crippen molar-refractivity contribution in [2.45, 2.75) is 31.8 Å². The molecule has 2 aliphatic heterocycles. The molecule has 6 nitrogen and oxygen atoms in total. The molecule has 2 aliphatic rings. The number of piperidine rings is 1. The molecule has 3 rings (SSSR count). The fraction of sp³-hybridized carbons (Fsp3) is 0.467. The summed E-state index contributed by atoms with van der Waals surface area (Å²) in [6.07, 6.45) is 4.27. The van der Waals surface area contributed by atoms with Gasteiger partial charge in [0, 0.05) is 19.3 Å². The topological polar surface area (TPSA) is 77.3 Å². The lowest BCUT2D eigenvalue weighted by molar-refractivity contribution is -0.158. The lowest BCUT2D eigenvalue weighted by atomic mass is 9.98. The molecule has 0 aliphatic carbocycles. The van der Waals surface area contributed by atoms with Gasteiger partial charge in [0.2, 0.25) is 11.8 Å². The Kier molecular flexibility index (Phi) is 3.57.